The Balaban J connectivity index is 1.80. The molecule has 2 fully saturated rings. The molecule has 1 aromatic rings. The molecule has 118 valence electrons. The minimum Gasteiger partial charge on any atom is -0.212 e. The van der Waals surface area contributed by atoms with E-state index in [0.29, 0.717) is 36.9 Å². The van der Waals surface area contributed by atoms with Gasteiger partial charge in [-0.3, -0.25) is 0 Å². The summed E-state index contributed by atoms with van der Waals surface area (Å²) in [6.45, 7) is 0.828. The van der Waals surface area contributed by atoms with E-state index in [1.165, 1.54) is 4.31 Å². The second-order valence-corrected chi connectivity index (χ2v) is 8.85. The molecule has 4 nitrogen and oxygen atoms in total. The van der Waals surface area contributed by atoms with Crippen LogP contribution in [-0.4, -0.2) is 25.0 Å². The first-order valence-corrected chi connectivity index (χ1v) is 9.55. The van der Waals surface area contributed by atoms with Gasteiger partial charge in [0.05, 0.1) is 17.2 Å². The highest BCUT2D eigenvalue weighted by atomic mass is 35.5. The highest BCUT2D eigenvalue weighted by Gasteiger charge is 2.48. The monoisotopic (exact) mass is 338 g/mol. The molecule has 3 rings (SSSR count). The molecule has 0 spiro atoms. The molecular formula is C16H19ClN2O2S. The van der Waals surface area contributed by atoms with Gasteiger partial charge in [0.2, 0.25) is 10.0 Å². The van der Waals surface area contributed by atoms with Gasteiger partial charge in [-0.2, -0.15) is 9.57 Å². The lowest BCUT2D eigenvalue weighted by molar-refractivity contribution is 0.387. The molecule has 2 saturated carbocycles. The number of halogens is 1. The molecule has 0 amide bonds. The first-order chi connectivity index (χ1) is 10.4. The summed E-state index contributed by atoms with van der Waals surface area (Å²) in [4.78, 5) is 0. The molecule has 2 aliphatic rings. The van der Waals surface area contributed by atoms with Crippen molar-refractivity contribution in [1.29, 1.82) is 5.26 Å². The number of hydrogen-bond acceptors (Lipinski definition) is 3. The molecule has 1 aromatic carbocycles. The maximum absolute atomic E-state index is 12.8. The Morgan fingerprint density at radius 1 is 1.32 bits per heavy atom. The van der Waals surface area contributed by atoms with Gasteiger partial charge < -0.3 is 0 Å². The SMILES string of the molecule is N#CC1(CS(=O)(=O)N(Cc2ccccc2Cl)CC2CC2)CC1. The average Bonchev–Trinajstić information content (AvgIpc) is 3.37. The summed E-state index contributed by atoms with van der Waals surface area (Å²) in [5.41, 5.74) is 0.163. The Kier molecular flexibility index (Phi) is 4.19. The maximum Gasteiger partial charge on any atom is 0.215 e. The molecule has 2 aliphatic carbocycles. The lowest BCUT2D eigenvalue weighted by Gasteiger charge is -2.24. The van der Waals surface area contributed by atoms with Gasteiger partial charge >= 0.3 is 0 Å². The van der Waals surface area contributed by atoms with Crippen molar-refractivity contribution in [2.75, 3.05) is 12.3 Å². The van der Waals surface area contributed by atoms with Gasteiger partial charge in [0.1, 0.15) is 0 Å². The predicted octanol–water partition coefficient (Wildman–Crippen LogP) is 3.19. The van der Waals surface area contributed by atoms with Crippen LogP contribution in [-0.2, 0) is 16.6 Å². The van der Waals surface area contributed by atoms with Crippen LogP contribution in [0.5, 0.6) is 0 Å². The van der Waals surface area contributed by atoms with Crippen molar-refractivity contribution >= 4 is 21.6 Å². The van der Waals surface area contributed by atoms with Crippen LogP contribution in [0.2, 0.25) is 5.02 Å². The van der Waals surface area contributed by atoms with Crippen molar-refractivity contribution < 1.29 is 8.42 Å². The van der Waals surface area contributed by atoms with Gasteiger partial charge in [0, 0.05) is 18.1 Å². The molecule has 22 heavy (non-hydrogen) atoms. The second-order valence-electron chi connectivity index (χ2n) is 6.48. The predicted molar refractivity (Wildman–Crippen MR) is 85.7 cm³/mol. The molecule has 0 N–H and O–H groups in total. The van der Waals surface area contributed by atoms with Crippen LogP contribution in [0.15, 0.2) is 24.3 Å². The average molecular weight is 339 g/mol. The third kappa shape index (κ3) is 3.62. The van der Waals surface area contributed by atoms with Crippen LogP contribution in [0.1, 0.15) is 31.2 Å². The standard InChI is InChI=1S/C16H19ClN2O2S/c17-15-4-2-1-3-14(15)10-19(9-13-5-6-13)22(20,21)12-16(11-18)7-8-16/h1-4,13H,5-10,12H2. The first-order valence-electron chi connectivity index (χ1n) is 7.57. The molecule has 0 unspecified atom stereocenters. The quantitative estimate of drug-likeness (QED) is 0.767. The van der Waals surface area contributed by atoms with Gasteiger partial charge in [0.15, 0.2) is 0 Å². The number of nitriles is 1. The summed E-state index contributed by atoms with van der Waals surface area (Å²) in [7, 11) is -3.45. The second kappa shape index (κ2) is 5.84. The maximum atomic E-state index is 12.8. The molecule has 0 atom stereocenters. The lowest BCUT2D eigenvalue weighted by Crippen LogP contribution is -2.36. The lowest BCUT2D eigenvalue weighted by atomic mass is 10.2. The van der Waals surface area contributed by atoms with E-state index in [9.17, 15) is 13.7 Å². The van der Waals surface area contributed by atoms with Crippen LogP contribution in [0.4, 0.5) is 0 Å². The molecule has 0 aliphatic heterocycles. The highest BCUT2D eigenvalue weighted by Crippen LogP contribution is 2.46. The van der Waals surface area contributed by atoms with Gasteiger partial charge in [-0.15, -0.1) is 0 Å². The van der Waals surface area contributed by atoms with E-state index < -0.39 is 15.4 Å². The third-order valence-electron chi connectivity index (χ3n) is 4.41. The minimum atomic E-state index is -3.45. The van der Waals surface area contributed by atoms with E-state index in [1.807, 2.05) is 18.2 Å². The Morgan fingerprint density at radius 3 is 2.55 bits per heavy atom. The summed E-state index contributed by atoms with van der Waals surface area (Å²) in [6, 6.07) is 9.50. The summed E-state index contributed by atoms with van der Waals surface area (Å²) in [5, 5.41) is 9.76. The zero-order valence-electron chi connectivity index (χ0n) is 12.3. The summed E-state index contributed by atoms with van der Waals surface area (Å²) >= 11 is 6.17. The number of rotatable bonds is 7. The van der Waals surface area contributed by atoms with Crippen LogP contribution >= 0.6 is 11.6 Å². The molecule has 0 saturated heterocycles. The molecule has 6 heteroatoms. The van der Waals surface area contributed by atoms with Crippen LogP contribution in [0.25, 0.3) is 0 Å². The zero-order chi connectivity index (χ0) is 15.8. The summed E-state index contributed by atoms with van der Waals surface area (Å²) in [6.07, 6.45) is 3.54. The van der Waals surface area contributed by atoms with Gasteiger partial charge in [-0.1, -0.05) is 29.8 Å². The van der Waals surface area contributed by atoms with Crippen LogP contribution < -0.4 is 0 Å². The van der Waals surface area contributed by atoms with Crippen molar-refractivity contribution in [2.45, 2.75) is 32.2 Å². The zero-order valence-corrected chi connectivity index (χ0v) is 13.9. The van der Waals surface area contributed by atoms with E-state index in [0.717, 1.165) is 18.4 Å². The molecule has 0 heterocycles. The van der Waals surface area contributed by atoms with E-state index in [2.05, 4.69) is 6.07 Å². The minimum absolute atomic E-state index is 0.0618. The fraction of sp³-hybridized carbons (Fsp3) is 0.562. The van der Waals surface area contributed by atoms with E-state index in [-0.39, 0.29) is 5.75 Å². The normalized spacial score (nSPS) is 19.9. The Morgan fingerprint density at radius 2 is 2.00 bits per heavy atom. The molecule has 0 radical (unpaired) electrons. The number of sulfonamides is 1. The third-order valence-corrected chi connectivity index (χ3v) is 6.76. The fourth-order valence-corrected chi connectivity index (χ4v) is 4.76. The molecule has 0 aromatic heterocycles. The summed E-state index contributed by atoms with van der Waals surface area (Å²) < 4.78 is 27.0. The molecule has 0 bridgehead atoms. The fourth-order valence-electron chi connectivity index (χ4n) is 2.56. The highest BCUT2D eigenvalue weighted by molar-refractivity contribution is 7.89. The van der Waals surface area contributed by atoms with Crippen LogP contribution in [0, 0.1) is 22.7 Å². The van der Waals surface area contributed by atoms with E-state index in [1.54, 1.807) is 6.07 Å². The Bertz CT molecular complexity index is 703. The van der Waals surface area contributed by atoms with E-state index >= 15 is 0 Å². The Labute approximate surface area is 136 Å². The summed E-state index contributed by atoms with van der Waals surface area (Å²) in [5.74, 6) is 0.391. The van der Waals surface area contributed by atoms with Gasteiger partial charge in [-0.25, -0.2) is 8.42 Å². The number of nitrogens with zero attached hydrogens (tertiary/aromatic N) is 2. The number of hydrogen-bond donors (Lipinski definition) is 0. The topological polar surface area (TPSA) is 61.2 Å². The van der Waals surface area contributed by atoms with Crippen molar-refractivity contribution in [3.8, 4) is 6.07 Å². The van der Waals surface area contributed by atoms with E-state index in [4.69, 9.17) is 11.6 Å². The van der Waals surface area contributed by atoms with Crippen molar-refractivity contribution in [1.82, 2.24) is 4.31 Å². The van der Waals surface area contributed by atoms with Crippen molar-refractivity contribution in [3.05, 3.63) is 34.9 Å². The van der Waals surface area contributed by atoms with Crippen molar-refractivity contribution in [2.24, 2.45) is 11.3 Å². The van der Waals surface area contributed by atoms with Crippen LogP contribution in [0.3, 0.4) is 0 Å². The first kappa shape index (κ1) is 15.8. The Hall–Kier alpha value is -1.09. The number of benzene rings is 1. The smallest absolute Gasteiger partial charge is 0.212 e. The molecular weight excluding hydrogens is 320 g/mol. The van der Waals surface area contributed by atoms with Gasteiger partial charge in [0.25, 0.3) is 0 Å². The van der Waals surface area contributed by atoms with Crippen molar-refractivity contribution in [3.63, 3.8) is 0 Å². The van der Waals surface area contributed by atoms with Gasteiger partial charge in [-0.05, 0) is 43.2 Å². The largest absolute Gasteiger partial charge is 0.215 e.